The van der Waals surface area contributed by atoms with E-state index in [1.165, 1.54) is 13.0 Å². The number of carbonyl (C=O) groups is 2. The maximum absolute atomic E-state index is 10.8. The first-order valence-electron chi connectivity index (χ1n) is 4.28. The minimum Gasteiger partial charge on any atom is -0.477 e. The van der Waals surface area contributed by atoms with Crippen LogP contribution in [-0.2, 0) is 9.59 Å². The predicted molar refractivity (Wildman–Crippen MR) is 60.3 cm³/mol. The molecule has 4 heteroatoms. The molecule has 0 aromatic heterocycles. The summed E-state index contributed by atoms with van der Waals surface area (Å²) in [5.74, 6) is -1.08. The zero-order valence-corrected chi connectivity index (χ0v) is 8.95. The lowest BCUT2D eigenvalue weighted by molar-refractivity contribution is -0.131. The highest BCUT2D eigenvalue weighted by Gasteiger charge is 2.10. The molecule has 0 fully saturated rings. The van der Waals surface area contributed by atoms with Gasteiger partial charge in [0.2, 0.25) is 0 Å². The Balaban J connectivity index is 2.94. The summed E-state index contributed by atoms with van der Waals surface area (Å²) >= 11 is 0.725. The van der Waals surface area contributed by atoms with Gasteiger partial charge in [-0.15, -0.1) is 0 Å². The van der Waals surface area contributed by atoms with E-state index in [-0.39, 0.29) is 10.0 Å². The molecule has 0 spiro atoms. The van der Waals surface area contributed by atoms with Crippen molar-refractivity contribution < 1.29 is 14.7 Å². The molecule has 3 nitrogen and oxygen atoms in total. The van der Waals surface area contributed by atoms with Gasteiger partial charge in [-0.2, -0.15) is 0 Å². The quantitative estimate of drug-likeness (QED) is 0.798. The molecule has 15 heavy (non-hydrogen) atoms. The average molecular weight is 222 g/mol. The van der Waals surface area contributed by atoms with E-state index in [0.717, 1.165) is 17.3 Å². The standard InChI is InChI=1S/C11H10O3S/c1-8(12)15-10(11(13)14)7-9-5-3-2-4-6-9/h2-7H,1H3,(H,13,14). The van der Waals surface area contributed by atoms with Gasteiger partial charge in [0.25, 0.3) is 0 Å². The van der Waals surface area contributed by atoms with Gasteiger partial charge in [0.1, 0.15) is 4.91 Å². The third-order valence-electron chi connectivity index (χ3n) is 1.56. The van der Waals surface area contributed by atoms with Gasteiger partial charge < -0.3 is 5.11 Å². The Morgan fingerprint density at radius 3 is 2.33 bits per heavy atom. The van der Waals surface area contributed by atoms with Crippen molar-refractivity contribution in [2.45, 2.75) is 6.92 Å². The van der Waals surface area contributed by atoms with Crippen LogP contribution in [0, 0.1) is 0 Å². The van der Waals surface area contributed by atoms with Crippen LogP contribution in [0.2, 0.25) is 0 Å². The number of aliphatic carboxylic acids is 1. The van der Waals surface area contributed by atoms with Gasteiger partial charge in [-0.05, 0) is 23.4 Å². The van der Waals surface area contributed by atoms with Crippen molar-refractivity contribution in [1.82, 2.24) is 0 Å². The van der Waals surface area contributed by atoms with E-state index in [1.807, 2.05) is 18.2 Å². The number of hydrogen-bond acceptors (Lipinski definition) is 3. The molecule has 1 aromatic rings. The Morgan fingerprint density at radius 2 is 1.87 bits per heavy atom. The highest BCUT2D eigenvalue weighted by atomic mass is 32.2. The molecule has 0 unspecified atom stereocenters. The van der Waals surface area contributed by atoms with E-state index in [4.69, 9.17) is 5.11 Å². The molecule has 0 saturated carbocycles. The molecule has 0 aliphatic carbocycles. The highest BCUT2D eigenvalue weighted by molar-refractivity contribution is 8.17. The third kappa shape index (κ3) is 3.99. The largest absolute Gasteiger partial charge is 0.477 e. The van der Waals surface area contributed by atoms with Crippen molar-refractivity contribution in [3.8, 4) is 0 Å². The smallest absolute Gasteiger partial charge is 0.342 e. The normalized spacial score (nSPS) is 11.1. The Hall–Kier alpha value is -1.55. The summed E-state index contributed by atoms with van der Waals surface area (Å²) < 4.78 is 0. The van der Waals surface area contributed by atoms with Crippen molar-refractivity contribution in [3.63, 3.8) is 0 Å². The molecule has 1 rings (SSSR count). The van der Waals surface area contributed by atoms with E-state index in [1.54, 1.807) is 12.1 Å². The molecule has 0 heterocycles. The fourth-order valence-corrected chi connectivity index (χ4v) is 1.58. The van der Waals surface area contributed by atoms with Gasteiger partial charge >= 0.3 is 5.97 Å². The maximum atomic E-state index is 10.8. The molecule has 0 aliphatic heterocycles. The van der Waals surface area contributed by atoms with Crippen LogP contribution in [0.15, 0.2) is 35.2 Å². The van der Waals surface area contributed by atoms with Crippen molar-refractivity contribution in [2.75, 3.05) is 0 Å². The summed E-state index contributed by atoms with van der Waals surface area (Å²) in [6.45, 7) is 1.34. The summed E-state index contributed by atoms with van der Waals surface area (Å²) in [6, 6.07) is 9.02. The number of benzene rings is 1. The number of hydrogen-bond donors (Lipinski definition) is 1. The van der Waals surface area contributed by atoms with E-state index in [2.05, 4.69) is 0 Å². The van der Waals surface area contributed by atoms with E-state index < -0.39 is 5.97 Å². The number of carbonyl (C=O) groups excluding carboxylic acids is 1. The molecule has 0 radical (unpaired) electrons. The van der Waals surface area contributed by atoms with Gasteiger partial charge in [0.15, 0.2) is 5.12 Å². The van der Waals surface area contributed by atoms with Crippen molar-refractivity contribution >= 4 is 28.9 Å². The summed E-state index contributed by atoms with van der Waals surface area (Å²) in [4.78, 5) is 21.6. The molecule has 0 aliphatic rings. The molecule has 0 amide bonds. The Kier molecular flexibility index (Phi) is 4.12. The predicted octanol–water partition coefficient (Wildman–Crippen LogP) is 2.39. The lowest BCUT2D eigenvalue weighted by Gasteiger charge is -1.98. The first kappa shape index (κ1) is 11.5. The first-order chi connectivity index (χ1) is 7.09. The maximum Gasteiger partial charge on any atom is 0.342 e. The van der Waals surface area contributed by atoms with Gasteiger partial charge in [-0.1, -0.05) is 30.3 Å². The highest BCUT2D eigenvalue weighted by Crippen LogP contribution is 2.19. The number of thioether (sulfide) groups is 1. The second-order valence-electron chi connectivity index (χ2n) is 2.82. The van der Waals surface area contributed by atoms with E-state index in [9.17, 15) is 9.59 Å². The molecular formula is C11H10O3S. The molecule has 0 atom stereocenters. The van der Waals surface area contributed by atoms with Gasteiger partial charge in [0, 0.05) is 6.92 Å². The van der Waals surface area contributed by atoms with Crippen LogP contribution in [0.1, 0.15) is 12.5 Å². The molecule has 78 valence electrons. The number of carboxylic acids is 1. The van der Waals surface area contributed by atoms with E-state index >= 15 is 0 Å². The molecular weight excluding hydrogens is 212 g/mol. The molecule has 1 N–H and O–H groups in total. The van der Waals surface area contributed by atoms with Crippen LogP contribution >= 0.6 is 11.8 Å². The number of carboxylic acid groups (broad SMARTS) is 1. The Labute approximate surface area is 91.8 Å². The van der Waals surface area contributed by atoms with Gasteiger partial charge in [0.05, 0.1) is 0 Å². The van der Waals surface area contributed by atoms with Crippen molar-refractivity contribution in [2.24, 2.45) is 0 Å². The second kappa shape index (κ2) is 5.36. The first-order valence-corrected chi connectivity index (χ1v) is 5.09. The zero-order valence-electron chi connectivity index (χ0n) is 8.14. The molecule has 0 bridgehead atoms. The molecule has 1 aromatic carbocycles. The Bertz CT molecular complexity index is 396. The van der Waals surface area contributed by atoms with Crippen LogP contribution in [0.25, 0.3) is 6.08 Å². The van der Waals surface area contributed by atoms with Crippen LogP contribution in [-0.4, -0.2) is 16.2 Å². The third-order valence-corrected chi connectivity index (χ3v) is 2.36. The lowest BCUT2D eigenvalue weighted by atomic mass is 10.2. The minimum atomic E-state index is -1.08. The van der Waals surface area contributed by atoms with Crippen LogP contribution in [0.4, 0.5) is 0 Å². The summed E-state index contributed by atoms with van der Waals surface area (Å²) in [5.41, 5.74) is 0.767. The fourth-order valence-electron chi connectivity index (χ4n) is 0.990. The average Bonchev–Trinajstić information content (AvgIpc) is 2.17. The van der Waals surface area contributed by atoms with E-state index in [0.29, 0.717) is 0 Å². The monoisotopic (exact) mass is 222 g/mol. The minimum absolute atomic E-state index is 0.0358. The van der Waals surface area contributed by atoms with Gasteiger partial charge in [-0.3, -0.25) is 4.79 Å². The second-order valence-corrected chi connectivity index (χ2v) is 4.04. The summed E-state index contributed by atoms with van der Waals surface area (Å²) in [6.07, 6.45) is 1.48. The van der Waals surface area contributed by atoms with Crippen LogP contribution in [0.5, 0.6) is 0 Å². The van der Waals surface area contributed by atoms with Crippen LogP contribution < -0.4 is 0 Å². The lowest BCUT2D eigenvalue weighted by Crippen LogP contribution is -1.98. The summed E-state index contributed by atoms with van der Waals surface area (Å²) in [7, 11) is 0. The van der Waals surface area contributed by atoms with Crippen molar-refractivity contribution in [3.05, 3.63) is 40.8 Å². The summed E-state index contributed by atoms with van der Waals surface area (Å²) in [5, 5.41) is 8.61. The number of rotatable bonds is 3. The Morgan fingerprint density at radius 1 is 1.27 bits per heavy atom. The van der Waals surface area contributed by atoms with Crippen LogP contribution in [0.3, 0.4) is 0 Å². The van der Waals surface area contributed by atoms with Crippen molar-refractivity contribution in [1.29, 1.82) is 0 Å². The SMILES string of the molecule is CC(=O)SC(=Cc1ccccc1)C(=O)O. The fraction of sp³-hybridized carbons (Fsp3) is 0.0909. The zero-order chi connectivity index (χ0) is 11.3. The molecule has 0 saturated heterocycles. The van der Waals surface area contributed by atoms with Gasteiger partial charge in [-0.25, -0.2) is 4.79 Å². The topological polar surface area (TPSA) is 54.4 Å².